The van der Waals surface area contributed by atoms with Crippen LogP contribution in [0.4, 0.5) is 8.78 Å². The lowest BCUT2D eigenvalue weighted by Crippen LogP contribution is -1.89. The van der Waals surface area contributed by atoms with Crippen LogP contribution in [-0.4, -0.2) is 10.3 Å². The Morgan fingerprint density at radius 1 is 1.38 bits per heavy atom. The molecule has 0 aliphatic rings. The van der Waals surface area contributed by atoms with Crippen molar-refractivity contribution in [1.82, 2.24) is 5.16 Å². The summed E-state index contributed by atoms with van der Waals surface area (Å²) in [7, 11) is 0. The van der Waals surface area contributed by atoms with Crippen LogP contribution in [0.1, 0.15) is 5.69 Å². The molecule has 3 nitrogen and oxygen atoms in total. The molecule has 1 N–H and O–H groups in total. The van der Waals surface area contributed by atoms with Crippen molar-refractivity contribution in [2.45, 2.75) is 6.61 Å². The number of benzene rings is 1. The standard InChI is InChI=1S/C10H6ClF2NO2/c11-5-1-2-6(7(12)3-5)10-9(13)8(4-15)14-16-10/h1-3,15H,4H2. The van der Waals surface area contributed by atoms with Crippen molar-refractivity contribution >= 4 is 11.6 Å². The third-order valence-corrected chi connectivity index (χ3v) is 2.26. The smallest absolute Gasteiger partial charge is 0.205 e. The Hall–Kier alpha value is -1.46. The fourth-order valence-corrected chi connectivity index (χ4v) is 1.41. The maximum absolute atomic E-state index is 13.5. The fraction of sp³-hybridized carbons (Fsp3) is 0.100. The number of aromatic nitrogens is 1. The molecule has 2 aromatic rings. The van der Waals surface area contributed by atoms with Gasteiger partial charge in [-0.15, -0.1) is 0 Å². The monoisotopic (exact) mass is 245 g/mol. The van der Waals surface area contributed by atoms with E-state index in [0.717, 1.165) is 6.07 Å². The Kier molecular flexibility index (Phi) is 2.89. The summed E-state index contributed by atoms with van der Waals surface area (Å²) in [5.41, 5.74) is -0.349. The van der Waals surface area contributed by atoms with Crippen molar-refractivity contribution in [3.05, 3.63) is 40.6 Å². The molecule has 1 aromatic heterocycles. The van der Waals surface area contributed by atoms with E-state index >= 15 is 0 Å². The van der Waals surface area contributed by atoms with Crippen molar-refractivity contribution in [3.63, 3.8) is 0 Å². The maximum atomic E-state index is 13.5. The molecule has 0 amide bonds. The first-order chi connectivity index (χ1) is 7.63. The molecule has 0 atom stereocenters. The molecular formula is C10H6ClF2NO2. The van der Waals surface area contributed by atoms with E-state index in [9.17, 15) is 8.78 Å². The van der Waals surface area contributed by atoms with Gasteiger partial charge in [-0.25, -0.2) is 8.78 Å². The molecule has 0 saturated carbocycles. The van der Waals surface area contributed by atoms with Crippen LogP contribution in [0.5, 0.6) is 0 Å². The van der Waals surface area contributed by atoms with E-state index in [1.165, 1.54) is 12.1 Å². The van der Waals surface area contributed by atoms with Crippen LogP contribution in [0.2, 0.25) is 5.02 Å². The summed E-state index contributed by atoms with van der Waals surface area (Å²) in [4.78, 5) is 0. The van der Waals surface area contributed by atoms with Crippen LogP contribution >= 0.6 is 11.6 Å². The summed E-state index contributed by atoms with van der Waals surface area (Å²) >= 11 is 5.56. The molecule has 0 unspecified atom stereocenters. The van der Waals surface area contributed by atoms with E-state index < -0.39 is 18.2 Å². The second-order valence-corrected chi connectivity index (χ2v) is 3.49. The van der Waals surface area contributed by atoms with E-state index in [0.29, 0.717) is 0 Å². The van der Waals surface area contributed by atoms with Gasteiger partial charge < -0.3 is 9.63 Å². The lowest BCUT2D eigenvalue weighted by Gasteiger charge is -1.98. The van der Waals surface area contributed by atoms with Crippen LogP contribution in [0.15, 0.2) is 22.7 Å². The minimum Gasteiger partial charge on any atom is -0.390 e. The minimum atomic E-state index is -0.872. The molecule has 16 heavy (non-hydrogen) atoms. The van der Waals surface area contributed by atoms with E-state index in [1.54, 1.807) is 0 Å². The zero-order valence-electron chi connectivity index (χ0n) is 7.88. The van der Waals surface area contributed by atoms with E-state index in [2.05, 4.69) is 9.68 Å². The van der Waals surface area contributed by atoms with Gasteiger partial charge in [0, 0.05) is 5.02 Å². The topological polar surface area (TPSA) is 46.3 Å². The molecule has 1 aromatic carbocycles. The van der Waals surface area contributed by atoms with Gasteiger partial charge in [-0.2, -0.15) is 0 Å². The lowest BCUT2D eigenvalue weighted by molar-refractivity contribution is 0.263. The molecule has 84 valence electrons. The first-order valence-electron chi connectivity index (χ1n) is 4.34. The van der Waals surface area contributed by atoms with Crippen LogP contribution < -0.4 is 0 Å². The highest BCUT2D eigenvalue weighted by Gasteiger charge is 2.19. The summed E-state index contributed by atoms with van der Waals surface area (Å²) < 4.78 is 31.5. The van der Waals surface area contributed by atoms with Crippen LogP contribution in [0.25, 0.3) is 11.3 Å². The van der Waals surface area contributed by atoms with E-state index in [-0.39, 0.29) is 22.0 Å². The first-order valence-corrected chi connectivity index (χ1v) is 4.71. The molecule has 0 spiro atoms. The average Bonchev–Trinajstić information content (AvgIpc) is 2.60. The summed E-state index contributed by atoms with van der Waals surface area (Å²) in [5.74, 6) is -1.94. The van der Waals surface area contributed by atoms with Gasteiger partial charge in [0.05, 0.1) is 12.2 Å². The molecule has 0 saturated heterocycles. The Morgan fingerprint density at radius 2 is 2.12 bits per heavy atom. The van der Waals surface area contributed by atoms with Gasteiger partial charge in [0.15, 0.2) is 5.82 Å². The predicted octanol–water partition coefficient (Wildman–Crippen LogP) is 2.77. The van der Waals surface area contributed by atoms with Gasteiger partial charge in [-0.3, -0.25) is 0 Å². The number of hydrogen-bond donors (Lipinski definition) is 1. The second kappa shape index (κ2) is 4.19. The third-order valence-electron chi connectivity index (χ3n) is 2.03. The molecule has 6 heteroatoms. The second-order valence-electron chi connectivity index (χ2n) is 3.05. The van der Waals surface area contributed by atoms with Crippen LogP contribution in [0, 0.1) is 11.6 Å². The summed E-state index contributed by atoms with van der Waals surface area (Å²) in [6.45, 7) is -0.607. The minimum absolute atomic E-state index is 0.0888. The van der Waals surface area contributed by atoms with Crippen molar-refractivity contribution in [3.8, 4) is 11.3 Å². The van der Waals surface area contributed by atoms with Gasteiger partial charge in [-0.1, -0.05) is 16.8 Å². The molecule has 0 fully saturated rings. The van der Waals surface area contributed by atoms with Gasteiger partial charge in [0.25, 0.3) is 0 Å². The molecular weight excluding hydrogens is 240 g/mol. The quantitative estimate of drug-likeness (QED) is 0.885. The van der Waals surface area contributed by atoms with Crippen molar-refractivity contribution in [2.75, 3.05) is 0 Å². The molecule has 0 aliphatic heterocycles. The summed E-state index contributed by atoms with van der Waals surface area (Å²) in [5, 5.41) is 12.2. The Bertz CT molecular complexity index is 528. The number of nitrogens with zero attached hydrogens (tertiary/aromatic N) is 1. The Balaban J connectivity index is 2.54. The zero-order chi connectivity index (χ0) is 11.7. The zero-order valence-corrected chi connectivity index (χ0v) is 8.63. The molecule has 1 heterocycles. The molecule has 2 rings (SSSR count). The lowest BCUT2D eigenvalue weighted by atomic mass is 10.1. The van der Waals surface area contributed by atoms with E-state index in [4.69, 9.17) is 16.7 Å². The fourth-order valence-electron chi connectivity index (χ4n) is 1.25. The van der Waals surface area contributed by atoms with Crippen molar-refractivity contribution in [1.29, 1.82) is 0 Å². The first kappa shape index (κ1) is 11.0. The van der Waals surface area contributed by atoms with Gasteiger partial charge >= 0.3 is 0 Å². The largest absolute Gasteiger partial charge is 0.390 e. The number of aliphatic hydroxyl groups is 1. The average molecular weight is 246 g/mol. The van der Waals surface area contributed by atoms with Crippen LogP contribution in [-0.2, 0) is 6.61 Å². The predicted molar refractivity (Wildman–Crippen MR) is 52.8 cm³/mol. The van der Waals surface area contributed by atoms with Crippen molar-refractivity contribution < 1.29 is 18.4 Å². The number of aliphatic hydroxyl groups excluding tert-OH is 1. The summed E-state index contributed by atoms with van der Waals surface area (Å²) in [6, 6.07) is 3.72. The third kappa shape index (κ3) is 1.79. The molecule has 0 radical (unpaired) electrons. The number of rotatable bonds is 2. The van der Waals surface area contributed by atoms with Crippen molar-refractivity contribution in [2.24, 2.45) is 0 Å². The highest BCUT2D eigenvalue weighted by molar-refractivity contribution is 6.30. The van der Waals surface area contributed by atoms with Gasteiger partial charge in [0.2, 0.25) is 5.76 Å². The Morgan fingerprint density at radius 3 is 2.69 bits per heavy atom. The SMILES string of the molecule is OCc1noc(-c2ccc(Cl)cc2F)c1F. The van der Waals surface area contributed by atoms with Crippen LogP contribution in [0.3, 0.4) is 0 Å². The highest BCUT2D eigenvalue weighted by atomic mass is 35.5. The van der Waals surface area contributed by atoms with Gasteiger partial charge in [-0.05, 0) is 18.2 Å². The highest BCUT2D eigenvalue weighted by Crippen LogP contribution is 2.28. The molecule has 0 aliphatic carbocycles. The van der Waals surface area contributed by atoms with Gasteiger partial charge in [0.1, 0.15) is 11.5 Å². The molecule has 0 bridgehead atoms. The van der Waals surface area contributed by atoms with E-state index in [1.807, 2.05) is 0 Å². The maximum Gasteiger partial charge on any atom is 0.205 e. The summed E-state index contributed by atoms with van der Waals surface area (Å²) in [6.07, 6.45) is 0. The number of hydrogen-bond acceptors (Lipinski definition) is 3. The Labute approximate surface area is 94.2 Å². The number of halogens is 3. The normalized spacial score (nSPS) is 10.8.